The summed E-state index contributed by atoms with van der Waals surface area (Å²) in [6.45, 7) is 0.0167. The van der Waals surface area contributed by atoms with Gasteiger partial charge in [-0.3, -0.25) is 9.89 Å². The molecule has 2 rings (SSSR count). The van der Waals surface area contributed by atoms with Gasteiger partial charge in [0.05, 0.1) is 10.6 Å². The number of carbonyl (C=O) groups is 1. The Hall–Kier alpha value is -1.86. The number of H-pyrrole nitrogens is 1. The van der Waals surface area contributed by atoms with Gasteiger partial charge in [-0.05, 0) is 30.3 Å². The van der Waals surface area contributed by atoms with E-state index in [4.69, 9.17) is 11.6 Å². The van der Waals surface area contributed by atoms with Crippen LogP contribution in [0, 0.1) is 0 Å². The molecule has 0 unspecified atom stereocenters. The smallest absolute Gasteiger partial charge is 0.269 e. The summed E-state index contributed by atoms with van der Waals surface area (Å²) in [5, 5.41) is 9.11. The first-order valence-corrected chi connectivity index (χ1v) is 7.78. The molecule has 2 aromatic rings. The lowest BCUT2D eigenvalue weighted by Gasteiger charge is -2.06. The zero-order valence-corrected chi connectivity index (χ0v) is 11.9. The summed E-state index contributed by atoms with van der Waals surface area (Å²) in [4.78, 5) is 11.8. The lowest BCUT2D eigenvalue weighted by Crippen LogP contribution is -2.29. The van der Waals surface area contributed by atoms with Crippen LogP contribution >= 0.6 is 11.6 Å². The summed E-state index contributed by atoms with van der Waals surface area (Å²) in [7, 11) is -3.44. The lowest BCUT2D eigenvalue weighted by molar-refractivity contribution is 0.0951. The number of hydrogen-bond donors (Lipinski definition) is 2. The molecule has 1 aromatic carbocycles. The number of nitrogens with zero attached hydrogens (tertiary/aromatic N) is 1. The SMILES string of the molecule is O=C(NCCS(=O)(=O)c1ccc(Cl)cc1)c1ccn[nH]1. The van der Waals surface area contributed by atoms with Crippen molar-refractivity contribution in [3.63, 3.8) is 0 Å². The highest BCUT2D eigenvalue weighted by atomic mass is 35.5. The van der Waals surface area contributed by atoms with E-state index in [-0.39, 0.29) is 22.9 Å². The van der Waals surface area contributed by atoms with Gasteiger partial charge >= 0.3 is 0 Å². The summed E-state index contributed by atoms with van der Waals surface area (Å²) >= 11 is 5.70. The number of sulfone groups is 1. The summed E-state index contributed by atoms with van der Waals surface area (Å²) in [5.74, 6) is -0.581. The minimum absolute atomic E-state index is 0.0167. The average Bonchev–Trinajstić information content (AvgIpc) is 2.93. The normalized spacial score (nSPS) is 11.2. The summed E-state index contributed by atoms with van der Waals surface area (Å²) in [6, 6.07) is 7.40. The Kier molecular flexibility index (Phi) is 4.41. The average molecular weight is 314 g/mol. The number of aromatic nitrogens is 2. The van der Waals surface area contributed by atoms with Crippen LogP contribution in [0.3, 0.4) is 0 Å². The van der Waals surface area contributed by atoms with Gasteiger partial charge in [0.1, 0.15) is 5.69 Å². The van der Waals surface area contributed by atoms with Crippen LogP contribution in [0.25, 0.3) is 0 Å². The second-order valence-electron chi connectivity index (χ2n) is 4.00. The van der Waals surface area contributed by atoms with Crippen molar-refractivity contribution in [1.29, 1.82) is 0 Å². The first kappa shape index (κ1) is 14.5. The molecule has 0 aliphatic carbocycles. The highest BCUT2D eigenvalue weighted by molar-refractivity contribution is 7.91. The maximum Gasteiger partial charge on any atom is 0.269 e. The molecule has 1 aromatic heterocycles. The Balaban J connectivity index is 1.93. The Labute approximate surface area is 121 Å². The standard InChI is InChI=1S/C12H12ClN3O3S/c13-9-1-3-10(4-2-9)20(18,19)8-7-14-12(17)11-5-6-15-16-11/h1-6H,7-8H2,(H,14,17)(H,15,16). The summed E-state index contributed by atoms with van der Waals surface area (Å²) in [6.07, 6.45) is 1.44. The second-order valence-corrected chi connectivity index (χ2v) is 6.54. The van der Waals surface area contributed by atoms with Gasteiger partial charge in [-0.2, -0.15) is 5.10 Å². The molecule has 0 radical (unpaired) electrons. The van der Waals surface area contributed by atoms with Gasteiger partial charge in [-0.15, -0.1) is 0 Å². The van der Waals surface area contributed by atoms with Crippen LogP contribution in [0.5, 0.6) is 0 Å². The van der Waals surface area contributed by atoms with E-state index in [1.165, 1.54) is 36.5 Å². The highest BCUT2D eigenvalue weighted by Gasteiger charge is 2.15. The Morgan fingerprint density at radius 1 is 1.25 bits per heavy atom. The number of carbonyl (C=O) groups excluding carboxylic acids is 1. The maximum atomic E-state index is 12.0. The Morgan fingerprint density at radius 3 is 2.55 bits per heavy atom. The largest absolute Gasteiger partial charge is 0.350 e. The number of halogens is 1. The molecule has 6 nitrogen and oxygen atoms in total. The summed E-state index contributed by atoms with van der Waals surface area (Å²) in [5.41, 5.74) is 0.286. The second kappa shape index (κ2) is 6.06. The van der Waals surface area contributed by atoms with E-state index in [1.807, 2.05) is 0 Å². The van der Waals surface area contributed by atoms with Crippen molar-refractivity contribution in [3.8, 4) is 0 Å². The zero-order valence-electron chi connectivity index (χ0n) is 10.3. The fourth-order valence-corrected chi connectivity index (χ4v) is 2.82. The van der Waals surface area contributed by atoms with Gasteiger partial charge in [0, 0.05) is 17.8 Å². The third-order valence-corrected chi connectivity index (χ3v) is 4.56. The Bertz CT molecular complexity index is 681. The molecule has 0 atom stereocenters. The van der Waals surface area contributed by atoms with E-state index in [0.29, 0.717) is 5.02 Å². The molecule has 0 spiro atoms. The lowest BCUT2D eigenvalue weighted by atomic mass is 10.4. The first-order valence-electron chi connectivity index (χ1n) is 5.75. The van der Waals surface area contributed by atoms with Crippen molar-refractivity contribution >= 4 is 27.3 Å². The van der Waals surface area contributed by atoms with Crippen LogP contribution in [0.15, 0.2) is 41.4 Å². The quantitative estimate of drug-likeness (QED) is 0.869. The third-order valence-electron chi connectivity index (χ3n) is 2.57. The van der Waals surface area contributed by atoms with Crippen molar-refractivity contribution in [2.45, 2.75) is 4.90 Å². The molecule has 0 saturated heterocycles. The maximum absolute atomic E-state index is 12.0. The molecule has 0 aliphatic heterocycles. The topological polar surface area (TPSA) is 91.9 Å². The molecule has 8 heteroatoms. The third kappa shape index (κ3) is 3.58. The van der Waals surface area contributed by atoms with Crippen LogP contribution in [-0.4, -0.2) is 36.8 Å². The number of aromatic amines is 1. The number of hydrogen-bond acceptors (Lipinski definition) is 4. The monoisotopic (exact) mass is 313 g/mol. The van der Waals surface area contributed by atoms with Gasteiger partial charge in [-0.1, -0.05) is 11.6 Å². The van der Waals surface area contributed by atoms with Gasteiger partial charge in [0.2, 0.25) is 0 Å². The van der Waals surface area contributed by atoms with Gasteiger partial charge in [-0.25, -0.2) is 8.42 Å². The molecule has 0 fully saturated rings. The number of rotatable bonds is 5. The van der Waals surface area contributed by atoms with Gasteiger partial charge in [0.25, 0.3) is 5.91 Å². The zero-order chi connectivity index (χ0) is 14.6. The van der Waals surface area contributed by atoms with E-state index in [1.54, 1.807) is 0 Å². The molecule has 0 bridgehead atoms. The number of benzene rings is 1. The van der Waals surface area contributed by atoms with Crippen LogP contribution in [-0.2, 0) is 9.84 Å². The summed E-state index contributed by atoms with van der Waals surface area (Å²) < 4.78 is 24.0. The van der Waals surface area contributed by atoms with Crippen LogP contribution < -0.4 is 5.32 Å². The number of nitrogens with one attached hydrogen (secondary N) is 2. The van der Waals surface area contributed by atoms with Crippen molar-refractivity contribution < 1.29 is 13.2 Å². The minimum atomic E-state index is -3.44. The van der Waals surface area contributed by atoms with E-state index in [0.717, 1.165) is 0 Å². The molecule has 0 saturated carbocycles. The van der Waals surface area contributed by atoms with Crippen molar-refractivity contribution in [2.75, 3.05) is 12.3 Å². The fraction of sp³-hybridized carbons (Fsp3) is 0.167. The molecule has 106 valence electrons. The van der Waals surface area contributed by atoms with E-state index in [2.05, 4.69) is 15.5 Å². The predicted octanol–water partition coefficient (Wildman–Crippen LogP) is 1.27. The molecular weight excluding hydrogens is 302 g/mol. The van der Waals surface area contributed by atoms with Crippen LogP contribution in [0.2, 0.25) is 5.02 Å². The highest BCUT2D eigenvalue weighted by Crippen LogP contribution is 2.15. The van der Waals surface area contributed by atoms with Crippen LogP contribution in [0.4, 0.5) is 0 Å². The molecular formula is C12H12ClN3O3S. The van der Waals surface area contributed by atoms with Gasteiger partial charge in [0.15, 0.2) is 9.84 Å². The number of amides is 1. The minimum Gasteiger partial charge on any atom is -0.350 e. The van der Waals surface area contributed by atoms with Crippen molar-refractivity contribution in [2.24, 2.45) is 0 Å². The first-order chi connectivity index (χ1) is 9.49. The molecule has 0 aliphatic rings. The van der Waals surface area contributed by atoms with E-state index in [9.17, 15) is 13.2 Å². The molecule has 1 amide bonds. The molecule has 1 heterocycles. The molecule has 20 heavy (non-hydrogen) atoms. The van der Waals surface area contributed by atoms with E-state index >= 15 is 0 Å². The Morgan fingerprint density at radius 2 is 1.95 bits per heavy atom. The molecule has 2 N–H and O–H groups in total. The van der Waals surface area contributed by atoms with Crippen LogP contribution in [0.1, 0.15) is 10.5 Å². The van der Waals surface area contributed by atoms with E-state index < -0.39 is 15.7 Å². The van der Waals surface area contributed by atoms with Crippen molar-refractivity contribution in [3.05, 3.63) is 47.2 Å². The predicted molar refractivity (Wildman–Crippen MR) is 74.4 cm³/mol. The fourth-order valence-electron chi connectivity index (χ4n) is 1.54. The van der Waals surface area contributed by atoms with Crippen molar-refractivity contribution in [1.82, 2.24) is 15.5 Å². The van der Waals surface area contributed by atoms with Gasteiger partial charge < -0.3 is 5.32 Å².